The lowest BCUT2D eigenvalue weighted by Gasteiger charge is -2.24. The molecule has 0 atom stereocenters. The summed E-state index contributed by atoms with van der Waals surface area (Å²) in [6.45, 7) is 4.32. The summed E-state index contributed by atoms with van der Waals surface area (Å²) in [5, 5.41) is 7.59. The van der Waals surface area contributed by atoms with Crippen LogP contribution in [0.3, 0.4) is 0 Å². The lowest BCUT2D eigenvalue weighted by Crippen LogP contribution is -2.30. The van der Waals surface area contributed by atoms with Gasteiger partial charge in [-0.1, -0.05) is 13.3 Å². The molecule has 1 aliphatic rings. The van der Waals surface area contributed by atoms with Crippen LogP contribution in [0.15, 0.2) is 15.5 Å². The number of aryl methyl sites for hydroxylation is 1. The van der Waals surface area contributed by atoms with E-state index in [-0.39, 0.29) is 5.56 Å². The van der Waals surface area contributed by atoms with Crippen LogP contribution in [0.5, 0.6) is 0 Å². The Hall–Kier alpha value is -0.880. The topological polar surface area (TPSA) is 56.1 Å². The highest BCUT2D eigenvalue weighted by atomic mass is 79.9. The van der Waals surface area contributed by atoms with Gasteiger partial charge in [0, 0.05) is 25.8 Å². The second-order valence-electron chi connectivity index (χ2n) is 4.79. The Labute approximate surface area is 121 Å². The van der Waals surface area contributed by atoms with Gasteiger partial charge in [-0.3, -0.25) is 4.79 Å². The number of nitrogens with one attached hydrogen (secondary N) is 1. The van der Waals surface area contributed by atoms with Crippen LogP contribution in [0.1, 0.15) is 32.6 Å². The Kier molecular flexibility index (Phi) is 5.39. The monoisotopic (exact) mass is 329 g/mol. The van der Waals surface area contributed by atoms with E-state index < -0.39 is 0 Å². The van der Waals surface area contributed by atoms with E-state index in [1.807, 2.05) is 0 Å². The summed E-state index contributed by atoms with van der Waals surface area (Å²) in [6.07, 6.45) is 5.67. The van der Waals surface area contributed by atoms with E-state index in [1.54, 1.807) is 6.20 Å². The molecule has 1 N–H and O–H groups in total. The molecule has 2 rings (SSSR count). The van der Waals surface area contributed by atoms with Gasteiger partial charge < -0.3 is 10.1 Å². The fourth-order valence-electron chi connectivity index (χ4n) is 2.09. The van der Waals surface area contributed by atoms with Crippen molar-refractivity contribution in [3.05, 3.63) is 21.0 Å². The molecule has 0 aliphatic carbocycles. The predicted molar refractivity (Wildman–Crippen MR) is 78.6 cm³/mol. The number of unbranched alkanes of at least 4 members (excludes halogenated alkanes) is 1. The van der Waals surface area contributed by atoms with E-state index in [2.05, 4.69) is 33.3 Å². The maximum absolute atomic E-state index is 12.1. The molecule has 1 fully saturated rings. The van der Waals surface area contributed by atoms with Gasteiger partial charge in [0.15, 0.2) is 0 Å². The third-order valence-corrected chi connectivity index (χ3v) is 4.06. The molecule has 1 aromatic heterocycles. The average Bonchev–Trinajstić information content (AvgIpc) is 2.44. The summed E-state index contributed by atoms with van der Waals surface area (Å²) < 4.78 is 7.41. The van der Waals surface area contributed by atoms with E-state index in [4.69, 9.17) is 4.74 Å². The smallest absolute Gasteiger partial charge is 0.283 e. The van der Waals surface area contributed by atoms with Crippen LogP contribution < -0.4 is 10.9 Å². The van der Waals surface area contributed by atoms with Gasteiger partial charge in [0.2, 0.25) is 0 Å². The van der Waals surface area contributed by atoms with E-state index in [1.165, 1.54) is 4.68 Å². The molecule has 0 unspecified atom stereocenters. The summed E-state index contributed by atoms with van der Waals surface area (Å²) >= 11 is 3.38. The molecular formula is C13H20BrN3O2. The molecule has 1 aromatic rings. The molecule has 106 valence electrons. The molecule has 0 radical (unpaired) electrons. The van der Waals surface area contributed by atoms with Crippen molar-refractivity contribution in [3.63, 3.8) is 0 Å². The molecule has 0 aromatic carbocycles. The van der Waals surface area contributed by atoms with Gasteiger partial charge in [0.1, 0.15) is 4.47 Å². The van der Waals surface area contributed by atoms with E-state index in [0.29, 0.717) is 17.1 Å². The van der Waals surface area contributed by atoms with Gasteiger partial charge in [-0.05, 0) is 35.2 Å². The Bertz CT molecular complexity index is 469. The van der Waals surface area contributed by atoms with Gasteiger partial charge in [-0.2, -0.15) is 5.10 Å². The van der Waals surface area contributed by atoms with Crippen molar-refractivity contribution < 1.29 is 4.74 Å². The van der Waals surface area contributed by atoms with Gasteiger partial charge in [-0.25, -0.2) is 4.68 Å². The zero-order valence-electron chi connectivity index (χ0n) is 11.2. The largest absolute Gasteiger partial charge is 0.381 e. The number of anilines is 1. The summed E-state index contributed by atoms with van der Waals surface area (Å²) in [7, 11) is 0. The zero-order valence-corrected chi connectivity index (χ0v) is 12.8. The van der Waals surface area contributed by atoms with E-state index >= 15 is 0 Å². The summed E-state index contributed by atoms with van der Waals surface area (Å²) in [6, 6.07) is 0.359. The second kappa shape index (κ2) is 7.05. The molecule has 0 bridgehead atoms. The van der Waals surface area contributed by atoms with Crippen molar-refractivity contribution in [1.29, 1.82) is 0 Å². The quantitative estimate of drug-likeness (QED) is 0.901. The van der Waals surface area contributed by atoms with E-state index in [0.717, 1.165) is 44.6 Å². The van der Waals surface area contributed by atoms with Crippen LogP contribution in [-0.2, 0) is 11.3 Å². The summed E-state index contributed by atoms with van der Waals surface area (Å²) in [5.74, 6) is 0. The van der Waals surface area contributed by atoms with Crippen molar-refractivity contribution >= 4 is 21.6 Å². The van der Waals surface area contributed by atoms with Crippen LogP contribution in [0.2, 0.25) is 0 Å². The molecule has 0 spiro atoms. The highest BCUT2D eigenvalue weighted by Gasteiger charge is 2.16. The molecule has 0 saturated carbocycles. The molecular weight excluding hydrogens is 310 g/mol. The zero-order chi connectivity index (χ0) is 13.7. The SMILES string of the molecule is CCCCn1ncc(NC2CCOCC2)c(Br)c1=O. The number of hydrogen-bond donors (Lipinski definition) is 1. The maximum Gasteiger partial charge on any atom is 0.283 e. The van der Waals surface area contributed by atoms with Crippen molar-refractivity contribution in [2.45, 2.75) is 45.2 Å². The number of aromatic nitrogens is 2. The summed E-state index contributed by atoms with van der Waals surface area (Å²) in [5.41, 5.74) is 0.718. The first-order chi connectivity index (χ1) is 9.22. The number of ether oxygens (including phenoxy) is 1. The van der Waals surface area contributed by atoms with Crippen molar-refractivity contribution in [1.82, 2.24) is 9.78 Å². The first kappa shape index (κ1) is 14.5. The van der Waals surface area contributed by atoms with Gasteiger partial charge >= 0.3 is 0 Å². The average molecular weight is 330 g/mol. The predicted octanol–water partition coefficient (Wildman–Crippen LogP) is 2.40. The molecule has 1 aliphatic heterocycles. The number of hydrogen-bond acceptors (Lipinski definition) is 4. The van der Waals surface area contributed by atoms with Crippen molar-refractivity contribution in [3.8, 4) is 0 Å². The van der Waals surface area contributed by atoms with Gasteiger partial charge in [-0.15, -0.1) is 0 Å². The molecule has 19 heavy (non-hydrogen) atoms. The first-order valence-corrected chi connectivity index (χ1v) is 7.61. The van der Waals surface area contributed by atoms with Crippen LogP contribution in [0.25, 0.3) is 0 Å². The Morgan fingerprint density at radius 1 is 1.53 bits per heavy atom. The highest BCUT2D eigenvalue weighted by molar-refractivity contribution is 9.10. The van der Waals surface area contributed by atoms with Crippen LogP contribution >= 0.6 is 15.9 Å². The van der Waals surface area contributed by atoms with Crippen LogP contribution in [0.4, 0.5) is 5.69 Å². The third-order valence-electron chi connectivity index (χ3n) is 3.29. The lowest BCUT2D eigenvalue weighted by atomic mass is 10.1. The Balaban J connectivity index is 2.09. The van der Waals surface area contributed by atoms with Crippen LogP contribution in [0, 0.1) is 0 Å². The van der Waals surface area contributed by atoms with E-state index in [9.17, 15) is 4.79 Å². The van der Waals surface area contributed by atoms with Gasteiger partial charge in [0.05, 0.1) is 11.9 Å². The molecule has 5 nitrogen and oxygen atoms in total. The Morgan fingerprint density at radius 2 is 2.26 bits per heavy atom. The standard InChI is InChI=1S/C13H20BrN3O2/c1-2-3-6-17-13(18)12(14)11(9-15-17)16-10-4-7-19-8-5-10/h9-10,16H,2-8H2,1H3. The number of halogens is 1. The first-order valence-electron chi connectivity index (χ1n) is 6.82. The third kappa shape index (κ3) is 3.79. The second-order valence-corrected chi connectivity index (χ2v) is 5.58. The van der Waals surface area contributed by atoms with Crippen molar-refractivity contribution in [2.24, 2.45) is 0 Å². The van der Waals surface area contributed by atoms with Crippen LogP contribution in [-0.4, -0.2) is 29.0 Å². The number of nitrogens with zero attached hydrogens (tertiary/aromatic N) is 2. The number of rotatable bonds is 5. The van der Waals surface area contributed by atoms with Gasteiger partial charge in [0.25, 0.3) is 5.56 Å². The lowest BCUT2D eigenvalue weighted by molar-refractivity contribution is 0.0904. The normalized spacial score (nSPS) is 16.5. The molecule has 2 heterocycles. The highest BCUT2D eigenvalue weighted by Crippen LogP contribution is 2.20. The fourth-order valence-corrected chi connectivity index (χ4v) is 2.52. The van der Waals surface area contributed by atoms with Crippen molar-refractivity contribution in [2.75, 3.05) is 18.5 Å². The molecule has 6 heteroatoms. The minimum atomic E-state index is -0.0643. The molecule has 0 amide bonds. The fraction of sp³-hybridized carbons (Fsp3) is 0.692. The summed E-state index contributed by atoms with van der Waals surface area (Å²) in [4.78, 5) is 12.1. The maximum atomic E-state index is 12.1. The minimum absolute atomic E-state index is 0.0643. The Morgan fingerprint density at radius 3 is 2.95 bits per heavy atom. The minimum Gasteiger partial charge on any atom is -0.381 e. The molecule has 1 saturated heterocycles.